The van der Waals surface area contributed by atoms with E-state index in [9.17, 15) is 14.9 Å². The lowest BCUT2D eigenvalue weighted by Gasteiger charge is -2.05. The van der Waals surface area contributed by atoms with Crippen LogP contribution in [0.25, 0.3) is 6.08 Å². The molecule has 1 heterocycles. The molecule has 138 valence electrons. The average molecular weight is 384 g/mol. The molecular weight excluding hydrogens is 368 g/mol. The van der Waals surface area contributed by atoms with E-state index >= 15 is 0 Å². The van der Waals surface area contributed by atoms with Gasteiger partial charge in [-0.2, -0.15) is 5.26 Å². The zero-order chi connectivity index (χ0) is 20.0. The van der Waals surface area contributed by atoms with Gasteiger partial charge in [0, 0.05) is 17.5 Å². The minimum atomic E-state index is -0.773. The highest BCUT2D eigenvalue weighted by atomic mass is 32.2. The standard InChI is InChI=1S/C18H16N4O4S/c1-4-26-17(23)14(10-19)8-13-5-6-16(15(9-13)22(24)25)27-18-20-11(2)7-12(3)21-18/h5-9H,4H2,1-3H3/b14-8+. The van der Waals surface area contributed by atoms with Crippen molar-refractivity contribution < 1.29 is 14.5 Å². The van der Waals surface area contributed by atoms with E-state index in [4.69, 9.17) is 10.00 Å². The fourth-order valence-corrected chi connectivity index (χ4v) is 3.15. The third kappa shape index (κ3) is 5.36. The number of ether oxygens (including phenoxy) is 1. The molecule has 0 aliphatic rings. The fraction of sp³-hybridized carbons (Fsp3) is 0.222. The number of esters is 1. The molecule has 0 fully saturated rings. The van der Waals surface area contributed by atoms with Crippen molar-refractivity contribution in [3.63, 3.8) is 0 Å². The van der Waals surface area contributed by atoms with Gasteiger partial charge in [-0.15, -0.1) is 0 Å². The molecule has 2 rings (SSSR count). The Morgan fingerprint density at radius 1 is 1.33 bits per heavy atom. The van der Waals surface area contributed by atoms with Crippen LogP contribution in [0.2, 0.25) is 0 Å². The summed E-state index contributed by atoms with van der Waals surface area (Å²) in [4.78, 5) is 31.5. The van der Waals surface area contributed by atoms with Crippen molar-refractivity contribution in [2.24, 2.45) is 0 Å². The van der Waals surface area contributed by atoms with Crippen molar-refractivity contribution in [3.05, 3.63) is 56.9 Å². The molecule has 0 spiro atoms. The van der Waals surface area contributed by atoms with Crippen LogP contribution in [0, 0.1) is 35.3 Å². The molecule has 1 aromatic carbocycles. The molecular formula is C18H16N4O4S. The van der Waals surface area contributed by atoms with Gasteiger partial charge in [-0.25, -0.2) is 14.8 Å². The summed E-state index contributed by atoms with van der Waals surface area (Å²) in [5.74, 6) is -0.773. The Hall–Kier alpha value is -3.25. The first-order valence-electron chi connectivity index (χ1n) is 7.91. The van der Waals surface area contributed by atoms with Crippen molar-refractivity contribution >= 4 is 29.5 Å². The van der Waals surface area contributed by atoms with Crippen LogP contribution in [0.4, 0.5) is 5.69 Å². The van der Waals surface area contributed by atoms with Crippen LogP contribution in [-0.2, 0) is 9.53 Å². The molecule has 2 aromatic rings. The normalized spacial score (nSPS) is 11.0. The number of hydrogen-bond acceptors (Lipinski definition) is 8. The summed E-state index contributed by atoms with van der Waals surface area (Å²) >= 11 is 1.08. The zero-order valence-corrected chi connectivity index (χ0v) is 15.7. The number of aromatic nitrogens is 2. The van der Waals surface area contributed by atoms with Gasteiger partial charge in [-0.3, -0.25) is 10.1 Å². The molecule has 0 saturated carbocycles. The molecule has 0 amide bonds. The first-order chi connectivity index (χ1) is 12.8. The number of hydrogen-bond donors (Lipinski definition) is 0. The van der Waals surface area contributed by atoms with Crippen LogP contribution in [-0.4, -0.2) is 27.5 Å². The zero-order valence-electron chi connectivity index (χ0n) is 14.9. The second kappa shape index (κ2) is 8.91. The SMILES string of the molecule is CCOC(=O)/C(C#N)=C/c1ccc(Sc2nc(C)cc(C)n2)c([N+](=O)[O-])c1. The van der Waals surface area contributed by atoms with E-state index in [1.165, 1.54) is 18.2 Å². The highest BCUT2D eigenvalue weighted by Gasteiger charge is 2.18. The lowest BCUT2D eigenvalue weighted by Crippen LogP contribution is -2.06. The van der Waals surface area contributed by atoms with Gasteiger partial charge in [0.05, 0.1) is 16.4 Å². The Labute approximate surface area is 160 Å². The van der Waals surface area contributed by atoms with Crippen LogP contribution in [0.3, 0.4) is 0 Å². The van der Waals surface area contributed by atoms with Gasteiger partial charge in [0.2, 0.25) is 0 Å². The third-order valence-corrected chi connectivity index (χ3v) is 4.20. The summed E-state index contributed by atoms with van der Waals surface area (Å²) in [6, 6.07) is 7.96. The molecule has 1 aromatic heterocycles. The Bertz CT molecular complexity index is 946. The number of nitrogens with zero attached hydrogens (tertiary/aromatic N) is 4. The van der Waals surface area contributed by atoms with E-state index in [1.54, 1.807) is 19.1 Å². The monoisotopic (exact) mass is 384 g/mol. The molecule has 27 heavy (non-hydrogen) atoms. The van der Waals surface area contributed by atoms with Crippen LogP contribution >= 0.6 is 11.8 Å². The number of benzene rings is 1. The van der Waals surface area contributed by atoms with E-state index in [0.717, 1.165) is 23.1 Å². The highest BCUT2D eigenvalue weighted by Crippen LogP contribution is 2.34. The average Bonchev–Trinajstić information content (AvgIpc) is 2.59. The second-order valence-corrected chi connectivity index (χ2v) is 6.42. The largest absolute Gasteiger partial charge is 0.462 e. The Morgan fingerprint density at radius 3 is 2.56 bits per heavy atom. The maximum atomic E-state index is 11.7. The summed E-state index contributed by atoms with van der Waals surface area (Å²) in [5.41, 5.74) is 1.47. The number of carbonyl (C=O) groups excluding carboxylic acids is 1. The number of rotatable bonds is 6. The van der Waals surface area contributed by atoms with E-state index in [-0.39, 0.29) is 17.9 Å². The summed E-state index contributed by atoms with van der Waals surface area (Å²) in [7, 11) is 0. The van der Waals surface area contributed by atoms with Crippen LogP contribution in [0.5, 0.6) is 0 Å². The lowest BCUT2D eigenvalue weighted by atomic mass is 10.1. The molecule has 9 heteroatoms. The van der Waals surface area contributed by atoms with Crippen LogP contribution in [0.15, 0.2) is 39.9 Å². The smallest absolute Gasteiger partial charge is 0.348 e. The Kier molecular flexibility index (Phi) is 6.62. The van der Waals surface area contributed by atoms with E-state index in [0.29, 0.717) is 15.6 Å². The van der Waals surface area contributed by atoms with Gasteiger partial charge in [0.25, 0.3) is 5.69 Å². The van der Waals surface area contributed by atoms with Crippen LogP contribution in [0.1, 0.15) is 23.9 Å². The Balaban J connectivity index is 2.41. The van der Waals surface area contributed by atoms with Crippen LogP contribution < -0.4 is 0 Å². The minimum Gasteiger partial charge on any atom is -0.462 e. The van der Waals surface area contributed by atoms with Crippen molar-refractivity contribution in [2.75, 3.05) is 6.61 Å². The van der Waals surface area contributed by atoms with E-state index in [1.807, 2.05) is 19.9 Å². The number of carbonyl (C=O) groups is 1. The number of nitro benzene ring substituents is 1. The van der Waals surface area contributed by atoms with E-state index < -0.39 is 10.9 Å². The first kappa shape index (κ1) is 20.1. The number of nitriles is 1. The maximum Gasteiger partial charge on any atom is 0.348 e. The molecule has 0 atom stereocenters. The molecule has 0 aliphatic carbocycles. The molecule has 0 aliphatic heterocycles. The van der Waals surface area contributed by atoms with Gasteiger partial charge in [-0.1, -0.05) is 6.07 Å². The summed E-state index contributed by atoms with van der Waals surface area (Å²) in [6.07, 6.45) is 1.26. The predicted octanol–water partition coefficient (Wildman–Crippen LogP) is 3.62. The number of aryl methyl sites for hydroxylation is 2. The fourth-order valence-electron chi connectivity index (χ4n) is 2.20. The quantitative estimate of drug-likeness (QED) is 0.185. The molecule has 0 N–H and O–H groups in total. The van der Waals surface area contributed by atoms with E-state index in [2.05, 4.69) is 9.97 Å². The second-order valence-electron chi connectivity index (χ2n) is 5.41. The molecule has 0 saturated heterocycles. The van der Waals surface area contributed by atoms with Crippen molar-refractivity contribution in [2.45, 2.75) is 30.8 Å². The minimum absolute atomic E-state index is 0.128. The molecule has 0 unspecified atom stereocenters. The van der Waals surface area contributed by atoms with Gasteiger partial charge < -0.3 is 4.74 Å². The summed E-state index contributed by atoms with van der Waals surface area (Å²) in [6.45, 7) is 5.39. The van der Waals surface area contributed by atoms with Crippen molar-refractivity contribution in [3.8, 4) is 6.07 Å². The molecule has 0 bridgehead atoms. The van der Waals surface area contributed by atoms with Crippen molar-refractivity contribution in [1.29, 1.82) is 5.26 Å². The third-order valence-electron chi connectivity index (χ3n) is 3.27. The molecule has 0 radical (unpaired) electrons. The number of nitro groups is 1. The summed E-state index contributed by atoms with van der Waals surface area (Å²) < 4.78 is 4.79. The lowest BCUT2D eigenvalue weighted by molar-refractivity contribution is -0.387. The van der Waals surface area contributed by atoms with Gasteiger partial charge in [-0.05, 0) is 56.3 Å². The predicted molar refractivity (Wildman–Crippen MR) is 98.9 cm³/mol. The Morgan fingerprint density at radius 2 is 2.00 bits per heavy atom. The first-order valence-corrected chi connectivity index (χ1v) is 8.73. The van der Waals surface area contributed by atoms with Gasteiger partial charge in [0.15, 0.2) is 5.16 Å². The highest BCUT2D eigenvalue weighted by molar-refractivity contribution is 7.99. The van der Waals surface area contributed by atoms with Gasteiger partial charge >= 0.3 is 5.97 Å². The van der Waals surface area contributed by atoms with Crippen molar-refractivity contribution in [1.82, 2.24) is 9.97 Å². The van der Waals surface area contributed by atoms with Gasteiger partial charge in [0.1, 0.15) is 11.6 Å². The topological polar surface area (TPSA) is 119 Å². The summed E-state index contributed by atoms with van der Waals surface area (Å²) in [5, 5.41) is 21.0. The maximum absolute atomic E-state index is 11.7. The molecule has 8 nitrogen and oxygen atoms in total.